The fraction of sp³-hybridized carbons (Fsp3) is 0.882. The number of rotatable bonds is 10. The molecule has 0 radical (unpaired) electrons. The Bertz CT molecular complexity index is 171. The summed E-state index contributed by atoms with van der Waals surface area (Å²) in [7, 11) is 0. The molecule has 17 heavy (non-hydrogen) atoms. The number of allylic oxidation sites excluding steroid dienone is 2. The second kappa shape index (κ2) is 10.9. The van der Waals surface area contributed by atoms with Crippen LogP contribution < -0.4 is 0 Å². The molecular weight excluding hydrogens is 204 g/mol. The Labute approximate surface area is 110 Å². The van der Waals surface area contributed by atoms with Gasteiger partial charge >= 0.3 is 0 Å². The molecule has 0 bridgehead atoms. The van der Waals surface area contributed by atoms with Gasteiger partial charge in [-0.3, -0.25) is 0 Å². The normalized spacial score (nSPS) is 12.5. The van der Waals surface area contributed by atoms with Crippen LogP contribution in [-0.4, -0.2) is 0 Å². The van der Waals surface area contributed by atoms with Crippen molar-refractivity contribution >= 4 is 0 Å². The first-order chi connectivity index (χ1) is 8.06. The highest BCUT2D eigenvalue weighted by Crippen LogP contribution is 2.22. The lowest BCUT2D eigenvalue weighted by molar-refractivity contribution is 0.356. The summed E-state index contributed by atoms with van der Waals surface area (Å²) in [5.41, 5.74) is 0.533. The standard InChI is InChI=1S/C17H34/c1-5-6-7-8-9-10-11-12-13-14-15-16-17(2,3)4/h6-7H,5,8-16H2,1-4H3. The van der Waals surface area contributed by atoms with Crippen LogP contribution in [0.25, 0.3) is 0 Å². The summed E-state index contributed by atoms with van der Waals surface area (Å²) in [6.45, 7) is 9.23. The van der Waals surface area contributed by atoms with Crippen molar-refractivity contribution in [3.63, 3.8) is 0 Å². The maximum absolute atomic E-state index is 2.34. The molecule has 0 aromatic heterocycles. The van der Waals surface area contributed by atoms with Crippen LogP contribution in [-0.2, 0) is 0 Å². The highest BCUT2D eigenvalue weighted by molar-refractivity contribution is 4.79. The van der Waals surface area contributed by atoms with Gasteiger partial charge in [0.05, 0.1) is 0 Å². The molecule has 0 aromatic rings. The fourth-order valence-corrected chi connectivity index (χ4v) is 2.09. The Morgan fingerprint density at radius 2 is 1.24 bits per heavy atom. The fourth-order valence-electron chi connectivity index (χ4n) is 2.09. The molecule has 0 nitrogen and oxygen atoms in total. The molecule has 0 atom stereocenters. The lowest BCUT2D eigenvalue weighted by Crippen LogP contribution is -2.03. The average Bonchev–Trinajstić information content (AvgIpc) is 2.24. The smallest absolute Gasteiger partial charge is 0.0351 e. The monoisotopic (exact) mass is 238 g/mol. The molecule has 0 fully saturated rings. The van der Waals surface area contributed by atoms with Crippen LogP contribution in [0, 0.1) is 5.41 Å². The topological polar surface area (TPSA) is 0 Å². The van der Waals surface area contributed by atoms with Crippen LogP contribution in [0.2, 0.25) is 0 Å². The Hall–Kier alpha value is -0.260. The SMILES string of the molecule is CCC=CCCCCCCCCCC(C)(C)C. The van der Waals surface area contributed by atoms with E-state index in [1.165, 1.54) is 64.2 Å². The van der Waals surface area contributed by atoms with Crippen molar-refractivity contribution in [2.75, 3.05) is 0 Å². The summed E-state index contributed by atoms with van der Waals surface area (Å²) in [6, 6.07) is 0. The molecule has 0 rings (SSSR count). The number of hydrogen-bond acceptors (Lipinski definition) is 0. The molecule has 0 amide bonds. The second-order valence-corrected chi connectivity index (χ2v) is 6.45. The quantitative estimate of drug-likeness (QED) is 0.300. The van der Waals surface area contributed by atoms with Gasteiger partial charge in [-0.1, -0.05) is 78.4 Å². The van der Waals surface area contributed by atoms with Crippen LogP contribution in [0.5, 0.6) is 0 Å². The summed E-state index contributed by atoms with van der Waals surface area (Å²) in [5.74, 6) is 0. The first-order valence-electron chi connectivity index (χ1n) is 7.71. The molecule has 0 saturated carbocycles. The van der Waals surface area contributed by atoms with Gasteiger partial charge < -0.3 is 0 Å². The van der Waals surface area contributed by atoms with Gasteiger partial charge in [-0.2, -0.15) is 0 Å². The Balaban J connectivity index is 3.06. The van der Waals surface area contributed by atoms with Crippen molar-refractivity contribution in [2.45, 2.75) is 91.9 Å². The van der Waals surface area contributed by atoms with Gasteiger partial charge in [0.2, 0.25) is 0 Å². The minimum Gasteiger partial charge on any atom is -0.0888 e. The van der Waals surface area contributed by atoms with Crippen molar-refractivity contribution in [1.29, 1.82) is 0 Å². The molecule has 0 heterocycles. The zero-order valence-electron chi connectivity index (χ0n) is 12.7. The van der Waals surface area contributed by atoms with Gasteiger partial charge in [-0.15, -0.1) is 0 Å². The molecule has 0 heteroatoms. The van der Waals surface area contributed by atoms with E-state index in [1.807, 2.05) is 0 Å². The molecule has 0 N–H and O–H groups in total. The molecule has 0 unspecified atom stereocenters. The molecule has 0 saturated heterocycles. The maximum atomic E-state index is 2.34. The van der Waals surface area contributed by atoms with E-state index in [-0.39, 0.29) is 0 Å². The Morgan fingerprint density at radius 3 is 1.76 bits per heavy atom. The molecule has 0 spiro atoms. The van der Waals surface area contributed by atoms with Crippen LogP contribution >= 0.6 is 0 Å². The maximum Gasteiger partial charge on any atom is -0.0351 e. The third-order valence-electron chi connectivity index (χ3n) is 3.20. The highest BCUT2D eigenvalue weighted by atomic mass is 14.1. The zero-order valence-corrected chi connectivity index (χ0v) is 12.7. The Morgan fingerprint density at radius 1 is 0.706 bits per heavy atom. The van der Waals surface area contributed by atoms with Crippen molar-refractivity contribution in [3.8, 4) is 0 Å². The largest absolute Gasteiger partial charge is 0.0888 e. The van der Waals surface area contributed by atoms with Crippen LogP contribution in [0.4, 0.5) is 0 Å². The van der Waals surface area contributed by atoms with Crippen molar-refractivity contribution in [2.24, 2.45) is 5.41 Å². The van der Waals surface area contributed by atoms with Crippen LogP contribution in [0.15, 0.2) is 12.2 Å². The first kappa shape index (κ1) is 16.7. The van der Waals surface area contributed by atoms with E-state index in [0.29, 0.717) is 5.41 Å². The average molecular weight is 238 g/mol. The molecule has 0 aliphatic heterocycles. The van der Waals surface area contributed by atoms with E-state index in [2.05, 4.69) is 39.8 Å². The Kier molecular flexibility index (Phi) is 10.7. The number of unbranched alkanes of at least 4 members (excludes halogenated alkanes) is 7. The second-order valence-electron chi connectivity index (χ2n) is 6.45. The van der Waals surface area contributed by atoms with Gasteiger partial charge in [0.15, 0.2) is 0 Å². The molecular formula is C17H34. The van der Waals surface area contributed by atoms with E-state index >= 15 is 0 Å². The van der Waals surface area contributed by atoms with E-state index in [9.17, 15) is 0 Å². The molecule has 0 aromatic carbocycles. The van der Waals surface area contributed by atoms with E-state index in [0.717, 1.165) is 0 Å². The molecule has 0 aliphatic carbocycles. The predicted molar refractivity (Wildman–Crippen MR) is 80.4 cm³/mol. The lowest BCUT2D eigenvalue weighted by Gasteiger charge is -2.17. The summed E-state index contributed by atoms with van der Waals surface area (Å²) in [6.07, 6.45) is 18.5. The summed E-state index contributed by atoms with van der Waals surface area (Å²) in [5, 5.41) is 0. The van der Waals surface area contributed by atoms with Crippen LogP contribution in [0.1, 0.15) is 91.9 Å². The highest BCUT2D eigenvalue weighted by Gasteiger charge is 2.08. The van der Waals surface area contributed by atoms with Gasteiger partial charge in [0, 0.05) is 0 Å². The van der Waals surface area contributed by atoms with E-state index in [1.54, 1.807) is 0 Å². The summed E-state index contributed by atoms with van der Waals surface area (Å²) < 4.78 is 0. The van der Waals surface area contributed by atoms with Crippen molar-refractivity contribution in [3.05, 3.63) is 12.2 Å². The minimum absolute atomic E-state index is 0.533. The molecule has 0 aliphatic rings. The van der Waals surface area contributed by atoms with E-state index < -0.39 is 0 Å². The number of hydrogen-bond donors (Lipinski definition) is 0. The van der Waals surface area contributed by atoms with E-state index in [4.69, 9.17) is 0 Å². The third-order valence-corrected chi connectivity index (χ3v) is 3.20. The van der Waals surface area contributed by atoms with Gasteiger partial charge in [-0.05, 0) is 31.1 Å². The van der Waals surface area contributed by atoms with Gasteiger partial charge in [0.1, 0.15) is 0 Å². The van der Waals surface area contributed by atoms with Gasteiger partial charge in [0.25, 0.3) is 0 Å². The first-order valence-corrected chi connectivity index (χ1v) is 7.71. The van der Waals surface area contributed by atoms with Crippen LogP contribution in [0.3, 0.4) is 0 Å². The minimum atomic E-state index is 0.533. The van der Waals surface area contributed by atoms with Crippen molar-refractivity contribution in [1.82, 2.24) is 0 Å². The lowest BCUT2D eigenvalue weighted by atomic mass is 9.89. The third kappa shape index (κ3) is 15.7. The molecule has 102 valence electrons. The summed E-state index contributed by atoms with van der Waals surface area (Å²) >= 11 is 0. The van der Waals surface area contributed by atoms with Gasteiger partial charge in [-0.25, -0.2) is 0 Å². The zero-order chi connectivity index (χ0) is 13.0. The summed E-state index contributed by atoms with van der Waals surface area (Å²) in [4.78, 5) is 0. The van der Waals surface area contributed by atoms with Crippen molar-refractivity contribution < 1.29 is 0 Å². The predicted octanol–water partition coefficient (Wildman–Crippen LogP) is 6.51.